The highest BCUT2D eigenvalue weighted by molar-refractivity contribution is 6.03. The van der Waals surface area contributed by atoms with Gasteiger partial charge in [0.25, 0.3) is 0 Å². The van der Waals surface area contributed by atoms with Crippen LogP contribution in [0.5, 0.6) is 0 Å². The highest BCUT2D eigenvalue weighted by Gasteiger charge is 2.66. The van der Waals surface area contributed by atoms with E-state index in [1.807, 2.05) is 13.0 Å². The Morgan fingerprint density at radius 3 is 2.62 bits per heavy atom. The summed E-state index contributed by atoms with van der Waals surface area (Å²) in [4.78, 5) is 13.7. The van der Waals surface area contributed by atoms with Crippen molar-refractivity contribution in [3.05, 3.63) is 23.3 Å². The van der Waals surface area contributed by atoms with E-state index in [4.69, 9.17) is 0 Å². The van der Waals surface area contributed by atoms with Gasteiger partial charge < -0.3 is 20.4 Å². The number of rotatable bonds is 4. The fourth-order valence-electron chi connectivity index (χ4n) is 5.43. The maximum atomic E-state index is 13.7. The van der Waals surface area contributed by atoms with E-state index in [9.17, 15) is 25.2 Å². The lowest BCUT2D eigenvalue weighted by molar-refractivity contribution is -0.126. The number of fused-ring (bicyclic) bond motifs is 4. The minimum atomic E-state index is -1.01. The zero-order valence-electron chi connectivity index (χ0n) is 16.1. The predicted molar refractivity (Wildman–Crippen MR) is 98.1 cm³/mol. The molecule has 7 atom stereocenters. The van der Waals surface area contributed by atoms with Crippen molar-refractivity contribution in [1.82, 2.24) is 0 Å². The van der Waals surface area contributed by atoms with Gasteiger partial charge in [0.2, 0.25) is 0 Å². The van der Waals surface area contributed by atoms with Gasteiger partial charge in [-0.25, -0.2) is 0 Å². The number of Topliss-reactive ketones (excluding diaryl/α,β-unsaturated/α-hetero) is 1. The number of allylic oxidation sites excluding steroid dienone is 2. The number of ketones is 1. The Labute approximate surface area is 155 Å². The molecule has 0 spiro atoms. The van der Waals surface area contributed by atoms with Gasteiger partial charge >= 0.3 is 0 Å². The second kappa shape index (κ2) is 6.55. The molecule has 4 N–H and O–H groups in total. The molecular weight excluding hydrogens is 332 g/mol. The summed E-state index contributed by atoms with van der Waals surface area (Å²) in [5.74, 6) is 0.149. The summed E-state index contributed by atoms with van der Waals surface area (Å²) in [5.41, 5.74) is 0.443. The fourth-order valence-corrected chi connectivity index (χ4v) is 5.43. The summed E-state index contributed by atoms with van der Waals surface area (Å²) in [6, 6.07) is 0. The van der Waals surface area contributed by atoms with Crippen LogP contribution in [-0.2, 0) is 4.79 Å². The van der Waals surface area contributed by atoms with Crippen molar-refractivity contribution >= 4 is 5.78 Å². The first-order chi connectivity index (χ1) is 12.1. The van der Waals surface area contributed by atoms with Crippen molar-refractivity contribution in [2.45, 2.75) is 52.7 Å². The molecule has 0 aromatic heterocycles. The fraction of sp³-hybridized carbons (Fsp3) is 0.762. The van der Waals surface area contributed by atoms with Crippen LogP contribution in [0, 0.1) is 34.5 Å². The van der Waals surface area contributed by atoms with Crippen LogP contribution in [0.2, 0.25) is 0 Å². The Morgan fingerprint density at radius 2 is 2.04 bits per heavy atom. The maximum Gasteiger partial charge on any atom is 0.169 e. The molecular formula is C21H32O5. The Kier molecular flexibility index (Phi) is 4.98. The number of hydrogen-bond donors (Lipinski definition) is 4. The largest absolute Gasteiger partial charge is 0.396 e. The standard InChI is InChI=1S/C21H32O5/c1-11(17(25)10-23)7-21-8-16(24)13(9-22)6-14(19(21)26)18-15(5-12(21)2)20(18,3)4/h6-7,12-13,15-18,22-25H,5,8-10H2,1-4H3. The Hall–Kier alpha value is -1.01. The minimum Gasteiger partial charge on any atom is -0.396 e. The molecule has 0 amide bonds. The van der Waals surface area contributed by atoms with E-state index in [1.165, 1.54) is 0 Å². The van der Waals surface area contributed by atoms with Gasteiger partial charge in [-0.05, 0) is 54.1 Å². The molecule has 2 fully saturated rings. The van der Waals surface area contributed by atoms with Crippen LogP contribution in [0.1, 0.15) is 40.5 Å². The number of carbonyl (C=O) groups excluding carboxylic acids is 1. The topological polar surface area (TPSA) is 98.0 Å². The van der Waals surface area contributed by atoms with Crippen LogP contribution < -0.4 is 0 Å². The van der Waals surface area contributed by atoms with Crippen molar-refractivity contribution < 1.29 is 25.2 Å². The number of carbonyl (C=O) groups is 1. The molecule has 0 heterocycles. The molecule has 146 valence electrons. The second-order valence-corrected chi connectivity index (χ2v) is 9.24. The van der Waals surface area contributed by atoms with E-state index in [2.05, 4.69) is 13.8 Å². The van der Waals surface area contributed by atoms with E-state index in [-0.39, 0.29) is 36.1 Å². The second-order valence-electron chi connectivity index (χ2n) is 9.24. The molecule has 0 aromatic carbocycles. The molecule has 26 heavy (non-hydrogen) atoms. The molecule has 3 rings (SSSR count). The molecule has 0 radical (unpaired) electrons. The molecule has 5 nitrogen and oxygen atoms in total. The van der Waals surface area contributed by atoms with Crippen LogP contribution in [-0.4, -0.2) is 51.6 Å². The third-order valence-electron chi connectivity index (χ3n) is 7.39. The first-order valence-electron chi connectivity index (χ1n) is 9.63. The highest BCUT2D eigenvalue weighted by Crippen LogP contribution is 2.69. The summed E-state index contributed by atoms with van der Waals surface area (Å²) in [6.07, 6.45) is 2.88. The van der Waals surface area contributed by atoms with Crippen LogP contribution in [0.25, 0.3) is 0 Å². The SMILES string of the molecule is CC(=CC12CC(O)C(CO)C=C(C1=O)C1C(CC2C)C1(C)C)C(O)CO. The molecule has 0 saturated heterocycles. The smallest absolute Gasteiger partial charge is 0.169 e. The van der Waals surface area contributed by atoms with Gasteiger partial charge in [0.15, 0.2) is 5.78 Å². The average Bonchev–Trinajstić information content (AvgIpc) is 3.17. The summed E-state index contributed by atoms with van der Waals surface area (Å²) in [5, 5.41) is 39.8. The van der Waals surface area contributed by atoms with E-state index >= 15 is 0 Å². The monoisotopic (exact) mass is 364 g/mol. The lowest BCUT2D eigenvalue weighted by Crippen LogP contribution is -2.40. The van der Waals surface area contributed by atoms with Crippen LogP contribution in [0.4, 0.5) is 0 Å². The molecule has 3 aliphatic carbocycles. The average molecular weight is 364 g/mol. The zero-order valence-corrected chi connectivity index (χ0v) is 16.1. The number of aliphatic hydroxyl groups is 4. The molecule has 2 saturated carbocycles. The van der Waals surface area contributed by atoms with Gasteiger partial charge in [0.1, 0.15) is 0 Å². The molecule has 5 heteroatoms. The lowest BCUT2D eigenvalue weighted by atomic mass is 9.65. The molecule has 2 bridgehead atoms. The van der Waals surface area contributed by atoms with Gasteiger partial charge in [-0.2, -0.15) is 0 Å². The van der Waals surface area contributed by atoms with Crippen molar-refractivity contribution in [2.75, 3.05) is 13.2 Å². The first kappa shape index (κ1) is 19.7. The Bertz CT molecular complexity index is 649. The van der Waals surface area contributed by atoms with Crippen molar-refractivity contribution in [1.29, 1.82) is 0 Å². The summed E-state index contributed by atoms with van der Waals surface area (Å²) >= 11 is 0. The summed E-state index contributed by atoms with van der Waals surface area (Å²) in [6.45, 7) is 7.54. The van der Waals surface area contributed by atoms with Crippen LogP contribution in [0.3, 0.4) is 0 Å². The summed E-state index contributed by atoms with van der Waals surface area (Å²) in [7, 11) is 0. The van der Waals surface area contributed by atoms with E-state index in [1.54, 1.807) is 13.0 Å². The van der Waals surface area contributed by atoms with E-state index in [0.29, 0.717) is 11.5 Å². The molecule has 0 aromatic rings. The summed E-state index contributed by atoms with van der Waals surface area (Å²) < 4.78 is 0. The van der Waals surface area contributed by atoms with Crippen LogP contribution in [0.15, 0.2) is 23.3 Å². The van der Waals surface area contributed by atoms with Crippen molar-refractivity contribution in [3.63, 3.8) is 0 Å². The van der Waals surface area contributed by atoms with E-state index in [0.717, 1.165) is 12.0 Å². The van der Waals surface area contributed by atoms with Gasteiger partial charge in [-0.1, -0.05) is 32.9 Å². The van der Waals surface area contributed by atoms with Crippen molar-refractivity contribution in [2.24, 2.45) is 34.5 Å². The minimum absolute atomic E-state index is 0.00288. The number of hydrogen-bond acceptors (Lipinski definition) is 5. The van der Waals surface area contributed by atoms with Gasteiger partial charge in [0.05, 0.1) is 30.8 Å². The predicted octanol–water partition coefficient (Wildman–Crippen LogP) is 1.45. The Balaban J connectivity index is 2.15. The molecule has 7 unspecified atom stereocenters. The third kappa shape index (κ3) is 2.80. The highest BCUT2D eigenvalue weighted by atomic mass is 16.3. The van der Waals surface area contributed by atoms with Gasteiger partial charge in [0, 0.05) is 5.92 Å². The number of aliphatic hydroxyl groups excluding tert-OH is 4. The quantitative estimate of drug-likeness (QED) is 0.566. The van der Waals surface area contributed by atoms with Crippen LogP contribution >= 0.6 is 0 Å². The van der Waals surface area contributed by atoms with Gasteiger partial charge in [-0.3, -0.25) is 4.79 Å². The first-order valence-corrected chi connectivity index (χ1v) is 9.63. The zero-order chi connectivity index (χ0) is 19.4. The molecule has 0 aliphatic heterocycles. The van der Waals surface area contributed by atoms with E-state index < -0.39 is 30.1 Å². The maximum absolute atomic E-state index is 13.7. The molecule has 3 aliphatic rings. The normalized spacial score (nSPS) is 43.1. The Morgan fingerprint density at radius 1 is 1.38 bits per heavy atom. The van der Waals surface area contributed by atoms with Crippen molar-refractivity contribution in [3.8, 4) is 0 Å². The third-order valence-corrected chi connectivity index (χ3v) is 7.39. The lowest BCUT2D eigenvalue weighted by Gasteiger charge is -2.37. The van der Waals surface area contributed by atoms with Gasteiger partial charge in [-0.15, -0.1) is 0 Å².